The summed E-state index contributed by atoms with van der Waals surface area (Å²) in [4.78, 5) is 11.3. The largest absolute Gasteiger partial charge is 0.493 e. The molecule has 1 atom stereocenters. The van der Waals surface area contributed by atoms with Gasteiger partial charge in [-0.2, -0.15) is 0 Å². The number of rotatable bonds is 5. The molecule has 0 spiro atoms. The molecule has 0 fully saturated rings. The summed E-state index contributed by atoms with van der Waals surface area (Å²) < 4.78 is 10.2. The van der Waals surface area contributed by atoms with Crippen molar-refractivity contribution in [1.29, 1.82) is 0 Å². The monoisotopic (exact) mass is 243 g/mol. The van der Waals surface area contributed by atoms with Crippen molar-refractivity contribution in [1.82, 2.24) is 0 Å². The molecule has 0 saturated heterocycles. The molecule has 0 aliphatic rings. The number of carboxylic acids is 1. The van der Waals surface area contributed by atoms with Crippen molar-refractivity contribution in [2.24, 2.45) is 5.73 Å². The molecule has 16 heavy (non-hydrogen) atoms. The molecule has 0 saturated carbocycles. The van der Waals surface area contributed by atoms with E-state index >= 15 is 0 Å². The molecule has 0 aliphatic heterocycles. The van der Waals surface area contributed by atoms with Gasteiger partial charge in [-0.05, 0) is 18.2 Å². The maximum absolute atomic E-state index is 10.6. The predicted octanol–water partition coefficient (Wildman–Crippen LogP) is 1.17. The Morgan fingerprint density at radius 3 is 2.50 bits per heavy atom. The van der Waals surface area contributed by atoms with Crippen LogP contribution in [0.4, 0.5) is 0 Å². The molecule has 0 bridgehead atoms. The number of carbonyl (C=O) groups is 1. The lowest BCUT2D eigenvalue weighted by Crippen LogP contribution is -2.25. The Morgan fingerprint density at radius 2 is 2.00 bits per heavy atom. The number of hydrogen-bond donors (Lipinski definition) is 2. The third kappa shape index (κ3) is 3.04. The molecule has 0 heterocycles. The Balaban J connectivity index is 2.86. The van der Waals surface area contributed by atoms with E-state index in [0.717, 1.165) is 11.8 Å². The number of benzene rings is 1. The lowest BCUT2D eigenvalue weighted by molar-refractivity contribution is -0.136. The summed E-state index contributed by atoms with van der Waals surface area (Å²) in [5, 5.41) is 7.68. The fourth-order valence-electron chi connectivity index (χ4n) is 1.09. The maximum atomic E-state index is 10.6. The number of ether oxygens (including phenoxy) is 2. The van der Waals surface area contributed by atoms with Gasteiger partial charge in [0.25, 0.3) is 0 Å². The lowest BCUT2D eigenvalue weighted by Gasteiger charge is -2.10. The summed E-state index contributed by atoms with van der Waals surface area (Å²) in [6.45, 7) is 0. The van der Waals surface area contributed by atoms with Crippen LogP contribution in [0.5, 0.6) is 11.5 Å². The van der Waals surface area contributed by atoms with Crippen LogP contribution < -0.4 is 15.2 Å². The van der Waals surface area contributed by atoms with E-state index in [-0.39, 0.29) is 0 Å². The van der Waals surface area contributed by atoms with Gasteiger partial charge in [-0.1, -0.05) is 11.8 Å². The fourth-order valence-corrected chi connectivity index (χ4v) is 1.80. The molecule has 88 valence electrons. The first-order valence-electron chi connectivity index (χ1n) is 4.45. The normalized spacial score (nSPS) is 11.9. The van der Waals surface area contributed by atoms with Gasteiger partial charge in [0, 0.05) is 4.90 Å². The Hall–Kier alpha value is -1.40. The summed E-state index contributed by atoms with van der Waals surface area (Å²) in [7, 11) is 3.05. The minimum atomic E-state index is -1.06. The average Bonchev–Trinajstić information content (AvgIpc) is 2.28. The molecule has 1 aromatic rings. The average molecular weight is 243 g/mol. The van der Waals surface area contributed by atoms with E-state index in [1.807, 2.05) is 0 Å². The van der Waals surface area contributed by atoms with E-state index in [1.54, 1.807) is 18.2 Å². The van der Waals surface area contributed by atoms with E-state index in [4.69, 9.17) is 20.3 Å². The Morgan fingerprint density at radius 1 is 1.38 bits per heavy atom. The van der Waals surface area contributed by atoms with Crippen molar-refractivity contribution in [2.45, 2.75) is 10.3 Å². The molecule has 1 rings (SSSR count). The van der Waals surface area contributed by atoms with E-state index in [2.05, 4.69) is 0 Å². The van der Waals surface area contributed by atoms with Crippen LogP contribution in [0.25, 0.3) is 0 Å². The van der Waals surface area contributed by atoms with Crippen LogP contribution in [0.3, 0.4) is 0 Å². The number of methoxy groups -OCH3 is 2. The van der Waals surface area contributed by atoms with Crippen molar-refractivity contribution in [3.63, 3.8) is 0 Å². The highest BCUT2D eigenvalue weighted by molar-refractivity contribution is 8.00. The van der Waals surface area contributed by atoms with Gasteiger partial charge in [0.2, 0.25) is 0 Å². The molecule has 0 radical (unpaired) electrons. The highest BCUT2D eigenvalue weighted by Crippen LogP contribution is 2.32. The standard InChI is InChI=1S/C10H13NO4S/c1-14-7-4-3-6(5-8(7)15-2)16-9(11)10(12)13/h3-5,9H,11H2,1-2H3,(H,12,13). The van der Waals surface area contributed by atoms with Crippen LogP contribution in [0, 0.1) is 0 Å². The minimum absolute atomic E-state index is 0.546. The maximum Gasteiger partial charge on any atom is 0.331 e. The van der Waals surface area contributed by atoms with Crippen LogP contribution in [0.1, 0.15) is 0 Å². The smallest absolute Gasteiger partial charge is 0.331 e. The number of thioether (sulfide) groups is 1. The second-order valence-corrected chi connectivity index (χ2v) is 4.11. The number of aliphatic carboxylic acids is 1. The SMILES string of the molecule is COc1ccc(SC(N)C(=O)O)cc1OC. The van der Waals surface area contributed by atoms with E-state index < -0.39 is 11.3 Å². The lowest BCUT2D eigenvalue weighted by atomic mass is 10.3. The summed E-state index contributed by atoms with van der Waals surface area (Å²) in [5.41, 5.74) is 5.40. The van der Waals surface area contributed by atoms with Crippen molar-refractivity contribution < 1.29 is 19.4 Å². The van der Waals surface area contributed by atoms with Crippen molar-refractivity contribution >= 4 is 17.7 Å². The third-order valence-electron chi connectivity index (χ3n) is 1.86. The molecule has 0 amide bonds. The first kappa shape index (κ1) is 12.7. The Bertz CT molecular complexity index is 383. The molecule has 3 N–H and O–H groups in total. The molecule has 5 nitrogen and oxygen atoms in total. The fraction of sp³-hybridized carbons (Fsp3) is 0.300. The van der Waals surface area contributed by atoms with Gasteiger partial charge in [-0.3, -0.25) is 0 Å². The number of carboxylic acid groups (broad SMARTS) is 1. The van der Waals surface area contributed by atoms with E-state index in [9.17, 15) is 4.79 Å². The van der Waals surface area contributed by atoms with Gasteiger partial charge in [0.05, 0.1) is 14.2 Å². The predicted molar refractivity (Wildman–Crippen MR) is 61.0 cm³/mol. The van der Waals surface area contributed by atoms with Gasteiger partial charge in [0.1, 0.15) is 0 Å². The van der Waals surface area contributed by atoms with Crippen LogP contribution in [0.15, 0.2) is 23.1 Å². The van der Waals surface area contributed by atoms with Gasteiger partial charge >= 0.3 is 5.97 Å². The van der Waals surface area contributed by atoms with Crippen molar-refractivity contribution in [3.8, 4) is 11.5 Å². The molecular weight excluding hydrogens is 230 g/mol. The molecule has 0 aromatic heterocycles. The van der Waals surface area contributed by atoms with Crippen molar-refractivity contribution in [2.75, 3.05) is 14.2 Å². The zero-order chi connectivity index (χ0) is 12.1. The quantitative estimate of drug-likeness (QED) is 0.596. The molecule has 1 unspecified atom stereocenters. The Kier molecular flexibility index (Phi) is 4.45. The molecule has 0 aliphatic carbocycles. The summed E-state index contributed by atoms with van der Waals surface area (Å²) in [6.07, 6.45) is 0. The molecular formula is C10H13NO4S. The topological polar surface area (TPSA) is 81.8 Å². The van der Waals surface area contributed by atoms with E-state index in [1.165, 1.54) is 14.2 Å². The van der Waals surface area contributed by atoms with Crippen LogP contribution in [-0.4, -0.2) is 30.7 Å². The van der Waals surface area contributed by atoms with Gasteiger partial charge in [0.15, 0.2) is 16.9 Å². The zero-order valence-corrected chi connectivity index (χ0v) is 9.78. The van der Waals surface area contributed by atoms with Crippen LogP contribution >= 0.6 is 11.8 Å². The summed E-state index contributed by atoms with van der Waals surface area (Å²) in [6, 6.07) is 5.12. The molecule has 1 aromatic carbocycles. The zero-order valence-electron chi connectivity index (χ0n) is 8.97. The molecule has 6 heteroatoms. The first-order chi connectivity index (χ1) is 7.58. The Labute approximate surface area is 97.5 Å². The second kappa shape index (κ2) is 5.62. The first-order valence-corrected chi connectivity index (χ1v) is 5.33. The number of nitrogens with two attached hydrogens (primary N) is 1. The second-order valence-electron chi connectivity index (χ2n) is 2.89. The van der Waals surface area contributed by atoms with Gasteiger partial charge in [-0.15, -0.1) is 0 Å². The summed E-state index contributed by atoms with van der Waals surface area (Å²) in [5.74, 6) is 0.0839. The number of hydrogen-bond acceptors (Lipinski definition) is 5. The van der Waals surface area contributed by atoms with Crippen molar-refractivity contribution in [3.05, 3.63) is 18.2 Å². The van der Waals surface area contributed by atoms with Gasteiger partial charge < -0.3 is 20.3 Å². The highest BCUT2D eigenvalue weighted by Gasteiger charge is 2.14. The van der Waals surface area contributed by atoms with Gasteiger partial charge in [-0.25, -0.2) is 4.79 Å². The van der Waals surface area contributed by atoms with Crippen LogP contribution in [-0.2, 0) is 4.79 Å². The highest BCUT2D eigenvalue weighted by atomic mass is 32.2. The minimum Gasteiger partial charge on any atom is -0.493 e. The van der Waals surface area contributed by atoms with E-state index in [0.29, 0.717) is 16.4 Å². The third-order valence-corrected chi connectivity index (χ3v) is 2.84. The summed E-state index contributed by atoms with van der Waals surface area (Å²) >= 11 is 1.04. The van der Waals surface area contributed by atoms with Crippen LogP contribution in [0.2, 0.25) is 0 Å².